The van der Waals surface area contributed by atoms with Crippen molar-refractivity contribution < 1.29 is 0 Å². The molecular formula is C11H16N2. The van der Waals surface area contributed by atoms with Gasteiger partial charge in [0.1, 0.15) is 0 Å². The Hall–Kier alpha value is -1.15. The Kier molecular flexibility index (Phi) is 3.20. The molecule has 0 heterocycles. The van der Waals surface area contributed by atoms with Gasteiger partial charge in [0.25, 0.3) is 0 Å². The van der Waals surface area contributed by atoms with Crippen LogP contribution in [0, 0.1) is 0 Å². The maximum atomic E-state index is 5.83. The van der Waals surface area contributed by atoms with Crippen LogP contribution in [0.4, 0.5) is 5.69 Å². The van der Waals surface area contributed by atoms with Crippen molar-refractivity contribution in [2.45, 2.75) is 25.8 Å². The van der Waals surface area contributed by atoms with Gasteiger partial charge in [0, 0.05) is 6.04 Å². The Balaban J connectivity index is 3.05. The first-order valence-electron chi connectivity index (χ1n) is 4.48. The fourth-order valence-corrected chi connectivity index (χ4v) is 1.30. The lowest BCUT2D eigenvalue weighted by molar-refractivity contribution is 0.614. The molecule has 1 aromatic rings. The highest BCUT2D eigenvalue weighted by Crippen LogP contribution is 2.27. The fraction of sp³-hybridized carbons (Fsp3) is 0.364. The third-order valence-electron chi connectivity index (χ3n) is 2.39. The van der Waals surface area contributed by atoms with Gasteiger partial charge in [-0.2, -0.15) is 0 Å². The van der Waals surface area contributed by atoms with Gasteiger partial charge in [-0.05, 0) is 31.2 Å². The van der Waals surface area contributed by atoms with E-state index in [1.165, 1.54) is 5.56 Å². The summed E-state index contributed by atoms with van der Waals surface area (Å²) in [5.74, 6) is 0.321. The second-order valence-electron chi connectivity index (χ2n) is 3.36. The van der Waals surface area contributed by atoms with Crippen LogP contribution in [0.15, 0.2) is 29.3 Å². The van der Waals surface area contributed by atoms with Crippen molar-refractivity contribution in [3.05, 3.63) is 29.8 Å². The molecule has 0 saturated heterocycles. The minimum atomic E-state index is 0.142. The largest absolute Gasteiger partial charge is 0.327 e. The van der Waals surface area contributed by atoms with Crippen LogP contribution in [0.2, 0.25) is 0 Å². The molecule has 0 aliphatic carbocycles. The van der Waals surface area contributed by atoms with Gasteiger partial charge >= 0.3 is 0 Å². The van der Waals surface area contributed by atoms with Crippen molar-refractivity contribution in [3.8, 4) is 0 Å². The third-order valence-corrected chi connectivity index (χ3v) is 2.39. The lowest BCUT2D eigenvalue weighted by atomic mass is 9.94. The monoisotopic (exact) mass is 176 g/mol. The van der Waals surface area contributed by atoms with Gasteiger partial charge in [0.05, 0.1) is 5.69 Å². The molecule has 70 valence electrons. The molecule has 0 aliphatic rings. The zero-order chi connectivity index (χ0) is 9.84. The molecule has 13 heavy (non-hydrogen) atoms. The van der Waals surface area contributed by atoms with E-state index >= 15 is 0 Å². The summed E-state index contributed by atoms with van der Waals surface area (Å²) in [5.41, 5.74) is 7.94. The van der Waals surface area contributed by atoms with Crippen LogP contribution < -0.4 is 5.73 Å². The predicted molar refractivity (Wildman–Crippen MR) is 57.7 cm³/mol. The average Bonchev–Trinajstić information content (AvgIpc) is 2.16. The first kappa shape index (κ1) is 9.93. The standard InChI is InChI=1S/C11H16N2/c1-8(9(2)12)10-6-4-5-7-11(10)13-3/h4-9H,3,12H2,1-2H3. The van der Waals surface area contributed by atoms with Crippen LogP contribution in [0.1, 0.15) is 25.3 Å². The Labute approximate surface area is 79.5 Å². The van der Waals surface area contributed by atoms with Crippen LogP contribution in [0.3, 0.4) is 0 Å². The number of benzene rings is 1. The average molecular weight is 176 g/mol. The summed E-state index contributed by atoms with van der Waals surface area (Å²) in [6.45, 7) is 7.65. The van der Waals surface area contributed by atoms with Gasteiger partial charge in [-0.1, -0.05) is 25.1 Å². The lowest BCUT2D eigenvalue weighted by Gasteiger charge is -2.17. The molecule has 2 nitrogen and oxygen atoms in total. The number of nitrogens with two attached hydrogens (primary N) is 1. The molecule has 0 aromatic heterocycles. The van der Waals surface area contributed by atoms with E-state index in [2.05, 4.69) is 24.7 Å². The summed E-state index contributed by atoms with van der Waals surface area (Å²) in [6.07, 6.45) is 0. The van der Waals surface area contributed by atoms with E-state index in [1.807, 2.05) is 25.1 Å². The maximum Gasteiger partial charge on any atom is 0.0657 e. The summed E-state index contributed by atoms with van der Waals surface area (Å²) in [6, 6.07) is 8.12. The maximum absolute atomic E-state index is 5.83. The minimum Gasteiger partial charge on any atom is -0.327 e. The summed E-state index contributed by atoms with van der Waals surface area (Å²) in [4.78, 5) is 3.97. The first-order valence-corrected chi connectivity index (χ1v) is 4.48. The molecule has 0 amide bonds. The van der Waals surface area contributed by atoms with E-state index in [0.717, 1.165) is 5.69 Å². The second-order valence-corrected chi connectivity index (χ2v) is 3.36. The van der Waals surface area contributed by atoms with E-state index in [9.17, 15) is 0 Å². The molecule has 2 N–H and O–H groups in total. The van der Waals surface area contributed by atoms with Gasteiger partial charge in [-0.15, -0.1) is 0 Å². The zero-order valence-corrected chi connectivity index (χ0v) is 8.20. The Morgan fingerprint density at radius 1 is 1.31 bits per heavy atom. The number of nitrogens with zero attached hydrogens (tertiary/aromatic N) is 1. The molecule has 0 bridgehead atoms. The van der Waals surface area contributed by atoms with Crippen molar-refractivity contribution in [1.82, 2.24) is 0 Å². The third kappa shape index (κ3) is 2.16. The number of para-hydroxylation sites is 1. The smallest absolute Gasteiger partial charge is 0.0657 e. The van der Waals surface area contributed by atoms with Crippen molar-refractivity contribution in [3.63, 3.8) is 0 Å². The number of rotatable bonds is 3. The normalized spacial score (nSPS) is 15.0. The molecule has 0 aliphatic heterocycles. The summed E-state index contributed by atoms with van der Waals surface area (Å²) >= 11 is 0. The Bertz CT molecular complexity index is 292. The Morgan fingerprint density at radius 3 is 2.46 bits per heavy atom. The summed E-state index contributed by atoms with van der Waals surface area (Å²) in [5, 5.41) is 0. The molecule has 0 fully saturated rings. The van der Waals surface area contributed by atoms with E-state index in [4.69, 9.17) is 5.73 Å². The highest BCUT2D eigenvalue weighted by molar-refractivity contribution is 5.52. The second kappa shape index (κ2) is 4.19. The predicted octanol–water partition coefficient (Wildman–Crippen LogP) is 2.47. The molecule has 2 atom stereocenters. The summed E-state index contributed by atoms with van der Waals surface area (Å²) in [7, 11) is 0. The zero-order valence-electron chi connectivity index (χ0n) is 8.20. The molecule has 0 radical (unpaired) electrons. The van der Waals surface area contributed by atoms with E-state index in [1.54, 1.807) is 0 Å². The SMILES string of the molecule is C=Nc1ccccc1C(C)C(C)N. The Morgan fingerprint density at radius 2 is 1.92 bits per heavy atom. The van der Waals surface area contributed by atoms with Crippen LogP contribution in [0.5, 0.6) is 0 Å². The van der Waals surface area contributed by atoms with Crippen LogP contribution in [-0.4, -0.2) is 12.8 Å². The highest BCUT2D eigenvalue weighted by atomic mass is 14.7. The fourth-order valence-electron chi connectivity index (χ4n) is 1.30. The van der Waals surface area contributed by atoms with Gasteiger partial charge < -0.3 is 5.73 Å². The molecule has 1 aromatic carbocycles. The van der Waals surface area contributed by atoms with Crippen molar-refractivity contribution in [2.24, 2.45) is 10.7 Å². The quantitative estimate of drug-likeness (QED) is 0.706. The molecule has 2 unspecified atom stereocenters. The molecule has 0 saturated carbocycles. The van der Waals surface area contributed by atoms with Crippen molar-refractivity contribution in [2.75, 3.05) is 0 Å². The number of hydrogen-bond donors (Lipinski definition) is 1. The lowest BCUT2D eigenvalue weighted by Crippen LogP contribution is -2.22. The van der Waals surface area contributed by atoms with E-state index in [-0.39, 0.29) is 6.04 Å². The van der Waals surface area contributed by atoms with Gasteiger partial charge in [0.2, 0.25) is 0 Å². The van der Waals surface area contributed by atoms with E-state index in [0.29, 0.717) is 5.92 Å². The molecule has 0 spiro atoms. The highest BCUT2D eigenvalue weighted by Gasteiger charge is 2.12. The molecule has 2 heteroatoms. The van der Waals surface area contributed by atoms with Crippen molar-refractivity contribution in [1.29, 1.82) is 0 Å². The number of aliphatic imine (C=N–C) groups is 1. The molecule has 1 rings (SSSR count). The van der Waals surface area contributed by atoms with Crippen LogP contribution >= 0.6 is 0 Å². The minimum absolute atomic E-state index is 0.142. The van der Waals surface area contributed by atoms with Crippen LogP contribution in [0.25, 0.3) is 0 Å². The number of hydrogen-bond acceptors (Lipinski definition) is 2. The van der Waals surface area contributed by atoms with Crippen LogP contribution in [-0.2, 0) is 0 Å². The van der Waals surface area contributed by atoms with E-state index < -0.39 is 0 Å². The molecular weight excluding hydrogens is 160 g/mol. The summed E-state index contributed by atoms with van der Waals surface area (Å²) < 4.78 is 0. The van der Waals surface area contributed by atoms with Gasteiger partial charge in [-0.25, -0.2) is 0 Å². The van der Waals surface area contributed by atoms with Gasteiger partial charge in [0.15, 0.2) is 0 Å². The van der Waals surface area contributed by atoms with Gasteiger partial charge in [-0.3, -0.25) is 4.99 Å². The van der Waals surface area contributed by atoms with Crippen molar-refractivity contribution >= 4 is 12.4 Å². The topological polar surface area (TPSA) is 38.4 Å². The first-order chi connectivity index (χ1) is 6.16.